The number of hydrogen-bond acceptors (Lipinski definition) is 3. The Morgan fingerprint density at radius 3 is 3.20 bits per heavy atom. The van der Waals surface area contributed by atoms with Gasteiger partial charge in [-0.25, -0.2) is 0 Å². The minimum absolute atomic E-state index is 0.126. The molecule has 0 spiro atoms. The van der Waals surface area contributed by atoms with Crippen molar-refractivity contribution in [3.05, 3.63) is 30.1 Å². The normalized spacial score (nSPS) is 31.5. The van der Waals surface area contributed by atoms with Crippen molar-refractivity contribution >= 4 is 0 Å². The van der Waals surface area contributed by atoms with E-state index < -0.39 is 0 Å². The number of nitrogens with zero attached hydrogens (tertiary/aromatic N) is 1. The van der Waals surface area contributed by atoms with Crippen LogP contribution >= 0.6 is 0 Å². The van der Waals surface area contributed by atoms with E-state index in [4.69, 9.17) is 0 Å². The predicted octanol–water partition coefficient (Wildman–Crippen LogP) is 1.30. The van der Waals surface area contributed by atoms with Crippen molar-refractivity contribution in [1.29, 1.82) is 0 Å². The lowest BCUT2D eigenvalue weighted by molar-refractivity contribution is 0.137. The zero-order chi connectivity index (χ0) is 10.7. The molecule has 0 saturated carbocycles. The molecular weight excluding hydrogens is 188 g/mol. The van der Waals surface area contributed by atoms with Gasteiger partial charge in [-0.05, 0) is 43.9 Å². The second-order valence-corrected chi connectivity index (χ2v) is 4.62. The monoisotopic (exact) mass is 206 g/mol. The highest BCUT2D eigenvalue weighted by atomic mass is 16.3. The van der Waals surface area contributed by atoms with Crippen LogP contribution < -0.4 is 5.32 Å². The van der Waals surface area contributed by atoms with Gasteiger partial charge >= 0.3 is 0 Å². The first-order chi connectivity index (χ1) is 7.23. The number of aromatic nitrogens is 1. The summed E-state index contributed by atoms with van der Waals surface area (Å²) in [6, 6.07) is 4.11. The molecule has 2 rings (SSSR count). The molecule has 0 bridgehead atoms. The molecule has 0 aromatic carbocycles. The third-order valence-electron chi connectivity index (χ3n) is 3.25. The van der Waals surface area contributed by atoms with E-state index in [1.165, 1.54) is 5.56 Å². The van der Waals surface area contributed by atoms with E-state index in [0.29, 0.717) is 5.92 Å². The summed E-state index contributed by atoms with van der Waals surface area (Å²) < 4.78 is 0. The highest BCUT2D eigenvalue weighted by molar-refractivity contribution is 5.17. The summed E-state index contributed by atoms with van der Waals surface area (Å²) in [5.74, 6) is 0.525. The van der Waals surface area contributed by atoms with Crippen molar-refractivity contribution in [2.45, 2.75) is 31.2 Å². The van der Waals surface area contributed by atoms with Crippen molar-refractivity contribution in [2.24, 2.45) is 0 Å². The summed E-state index contributed by atoms with van der Waals surface area (Å²) >= 11 is 0. The minimum Gasteiger partial charge on any atom is -0.394 e. The zero-order valence-corrected chi connectivity index (χ0v) is 9.11. The van der Waals surface area contributed by atoms with Crippen molar-refractivity contribution in [2.75, 3.05) is 13.2 Å². The predicted molar refractivity (Wildman–Crippen MR) is 59.7 cm³/mol. The van der Waals surface area contributed by atoms with E-state index in [0.717, 1.165) is 19.4 Å². The molecule has 3 heteroatoms. The van der Waals surface area contributed by atoms with Gasteiger partial charge in [-0.15, -0.1) is 0 Å². The number of piperidine rings is 1. The molecule has 0 amide bonds. The molecule has 2 N–H and O–H groups in total. The maximum absolute atomic E-state index is 9.34. The lowest BCUT2D eigenvalue weighted by Gasteiger charge is -2.38. The van der Waals surface area contributed by atoms with E-state index in [1.807, 2.05) is 12.3 Å². The Hall–Kier alpha value is -0.930. The van der Waals surface area contributed by atoms with Gasteiger partial charge in [0.25, 0.3) is 0 Å². The van der Waals surface area contributed by atoms with Crippen LogP contribution in [0.25, 0.3) is 0 Å². The van der Waals surface area contributed by atoms with Crippen molar-refractivity contribution < 1.29 is 5.11 Å². The molecule has 1 aliphatic heterocycles. The van der Waals surface area contributed by atoms with Crippen LogP contribution in [0, 0.1) is 0 Å². The van der Waals surface area contributed by atoms with Crippen LogP contribution in [0.2, 0.25) is 0 Å². The second-order valence-electron chi connectivity index (χ2n) is 4.62. The smallest absolute Gasteiger partial charge is 0.0610 e. The molecule has 1 aliphatic rings. The molecule has 2 heterocycles. The fourth-order valence-electron chi connectivity index (χ4n) is 2.29. The average molecular weight is 206 g/mol. The lowest BCUT2D eigenvalue weighted by atomic mass is 9.80. The fraction of sp³-hybridized carbons (Fsp3) is 0.583. The molecule has 0 radical (unpaired) electrons. The topological polar surface area (TPSA) is 45.2 Å². The van der Waals surface area contributed by atoms with Crippen LogP contribution in [-0.2, 0) is 0 Å². The van der Waals surface area contributed by atoms with Gasteiger partial charge in [0.2, 0.25) is 0 Å². The molecule has 1 aromatic heterocycles. The first-order valence-corrected chi connectivity index (χ1v) is 5.49. The molecule has 1 aromatic rings. The lowest BCUT2D eigenvalue weighted by Crippen LogP contribution is -2.50. The van der Waals surface area contributed by atoms with Crippen LogP contribution in [0.15, 0.2) is 24.5 Å². The largest absolute Gasteiger partial charge is 0.394 e. The second kappa shape index (κ2) is 4.29. The van der Waals surface area contributed by atoms with Gasteiger partial charge in [0.1, 0.15) is 0 Å². The highest BCUT2D eigenvalue weighted by Gasteiger charge is 2.31. The van der Waals surface area contributed by atoms with E-state index in [-0.39, 0.29) is 12.1 Å². The third-order valence-corrected chi connectivity index (χ3v) is 3.25. The standard InChI is InChI=1S/C12H18N2O/c1-12(9-15)7-10(4-6-14-12)11-3-2-5-13-8-11/h2-3,5,8,10,14-15H,4,6-7,9H2,1H3. The Labute approximate surface area is 90.5 Å². The van der Waals surface area contributed by atoms with Crippen LogP contribution in [0.5, 0.6) is 0 Å². The van der Waals surface area contributed by atoms with Gasteiger partial charge in [-0.3, -0.25) is 4.98 Å². The summed E-state index contributed by atoms with van der Waals surface area (Å²) in [4.78, 5) is 4.15. The zero-order valence-electron chi connectivity index (χ0n) is 9.11. The first kappa shape index (κ1) is 10.6. The molecule has 2 unspecified atom stereocenters. The number of rotatable bonds is 2. The minimum atomic E-state index is -0.126. The molecule has 0 aliphatic carbocycles. The SMILES string of the molecule is CC1(CO)CC(c2cccnc2)CCN1. The number of nitrogens with one attached hydrogen (secondary N) is 1. The number of aliphatic hydroxyl groups excluding tert-OH is 1. The van der Waals surface area contributed by atoms with E-state index in [2.05, 4.69) is 23.3 Å². The third kappa shape index (κ3) is 2.36. The van der Waals surface area contributed by atoms with Gasteiger partial charge in [0.05, 0.1) is 6.61 Å². The van der Waals surface area contributed by atoms with Crippen LogP contribution in [-0.4, -0.2) is 28.8 Å². The van der Waals surface area contributed by atoms with E-state index >= 15 is 0 Å². The first-order valence-electron chi connectivity index (χ1n) is 5.49. The van der Waals surface area contributed by atoms with Crippen molar-refractivity contribution in [3.8, 4) is 0 Å². The Bertz CT molecular complexity index is 315. The Kier molecular flexibility index (Phi) is 3.03. The Morgan fingerprint density at radius 1 is 1.67 bits per heavy atom. The van der Waals surface area contributed by atoms with Crippen molar-refractivity contribution in [3.63, 3.8) is 0 Å². The quantitative estimate of drug-likeness (QED) is 0.766. The highest BCUT2D eigenvalue weighted by Crippen LogP contribution is 2.31. The maximum atomic E-state index is 9.34. The fourth-order valence-corrected chi connectivity index (χ4v) is 2.29. The van der Waals surface area contributed by atoms with Gasteiger partial charge in [-0.1, -0.05) is 6.07 Å². The summed E-state index contributed by atoms with van der Waals surface area (Å²) in [5.41, 5.74) is 1.16. The Morgan fingerprint density at radius 2 is 2.53 bits per heavy atom. The Balaban J connectivity index is 2.11. The van der Waals surface area contributed by atoms with Crippen LogP contribution in [0.1, 0.15) is 31.2 Å². The molecule has 2 atom stereocenters. The summed E-state index contributed by atoms with van der Waals surface area (Å²) in [7, 11) is 0. The van der Waals surface area contributed by atoms with Gasteiger partial charge < -0.3 is 10.4 Å². The average Bonchev–Trinajstić information content (AvgIpc) is 2.30. The molecule has 82 valence electrons. The molecule has 3 nitrogen and oxygen atoms in total. The number of aliphatic hydroxyl groups is 1. The number of pyridine rings is 1. The maximum Gasteiger partial charge on any atom is 0.0610 e. The van der Waals surface area contributed by atoms with Crippen molar-refractivity contribution in [1.82, 2.24) is 10.3 Å². The molecular formula is C12H18N2O. The van der Waals surface area contributed by atoms with E-state index in [1.54, 1.807) is 6.20 Å². The summed E-state index contributed by atoms with van der Waals surface area (Å²) in [6.45, 7) is 3.25. The molecule has 1 saturated heterocycles. The summed E-state index contributed by atoms with van der Waals surface area (Å²) in [6.07, 6.45) is 5.85. The molecule has 1 fully saturated rings. The molecule has 15 heavy (non-hydrogen) atoms. The van der Waals surface area contributed by atoms with Gasteiger partial charge in [0.15, 0.2) is 0 Å². The van der Waals surface area contributed by atoms with Gasteiger partial charge in [-0.2, -0.15) is 0 Å². The van der Waals surface area contributed by atoms with Gasteiger partial charge in [0, 0.05) is 17.9 Å². The van der Waals surface area contributed by atoms with E-state index in [9.17, 15) is 5.11 Å². The number of hydrogen-bond donors (Lipinski definition) is 2. The van der Waals surface area contributed by atoms with Crippen LogP contribution in [0.4, 0.5) is 0 Å². The van der Waals surface area contributed by atoms with Crippen LogP contribution in [0.3, 0.4) is 0 Å². The summed E-state index contributed by atoms with van der Waals surface area (Å²) in [5, 5.41) is 12.7.